The molecule has 0 aliphatic heterocycles. The fraction of sp³-hybridized carbons (Fsp3) is 0.462. The summed E-state index contributed by atoms with van der Waals surface area (Å²) in [6, 6.07) is 5.88. The Morgan fingerprint density at radius 1 is 1.33 bits per heavy atom. The molecule has 0 amide bonds. The van der Waals surface area contributed by atoms with E-state index in [1.54, 1.807) is 0 Å². The second kappa shape index (κ2) is 4.48. The van der Waals surface area contributed by atoms with Gasteiger partial charge in [0.25, 0.3) is 0 Å². The van der Waals surface area contributed by atoms with E-state index < -0.39 is 0 Å². The van der Waals surface area contributed by atoms with Gasteiger partial charge in [0.2, 0.25) is 0 Å². The summed E-state index contributed by atoms with van der Waals surface area (Å²) in [4.78, 5) is 12.2. The first-order chi connectivity index (χ1) is 7.20. The lowest BCUT2D eigenvalue weighted by Gasteiger charge is -2.11. The van der Waals surface area contributed by atoms with Gasteiger partial charge in [0.1, 0.15) is 0 Å². The van der Waals surface area contributed by atoms with E-state index in [9.17, 15) is 4.79 Å². The van der Waals surface area contributed by atoms with E-state index >= 15 is 0 Å². The zero-order valence-electron chi connectivity index (χ0n) is 8.92. The summed E-state index contributed by atoms with van der Waals surface area (Å²) < 4.78 is 1.03. The minimum Gasteiger partial charge on any atom is -0.294 e. The highest BCUT2D eigenvalue weighted by molar-refractivity contribution is 9.10. The number of ketones is 1. The van der Waals surface area contributed by atoms with Crippen molar-refractivity contribution >= 4 is 21.7 Å². The Hall–Kier alpha value is -0.630. The van der Waals surface area contributed by atoms with Crippen LogP contribution in [0.4, 0.5) is 0 Å². The van der Waals surface area contributed by atoms with Gasteiger partial charge in [-0.25, -0.2) is 0 Å². The van der Waals surface area contributed by atoms with Crippen LogP contribution in [0.3, 0.4) is 0 Å². The predicted octanol–water partition coefficient (Wildman–Crippen LogP) is 4.13. The van der Waals surface area contributed by atoms with Crippen molar-refractivity contribution in [3.63, 3.8) is 0 Å². The second-order valence-electron chi connectivity index (χ2n) is 4.26. The molecule has 1 fully saturated rings. The molecule has 15 heavy (non-hydrogen) atoms. The molecule has 0 atom stereocenters. The van der Waals surface area contributed by atoms with Crippen molar-refractivity contribution in [2.75, 3.05) is 0 Å². The number of carbonyl (C=O) groups is 1. The number of halogens is 1. The number of Topliss-reactive ketones (excluding diaryl/α,β-unsaturated/α-hetero) is 1. The van der Waals surface area contributed by atoms with E-state index in [4.69, 9.17) is 0 Å². The number of hydrogen-bond donors (Lipinski definition) is 0. The van der Waals surface area contributed by atoms with Crippen LogP contribution in [0.2, 0.25) is 0 Å². The minimum absolute atomic E-state index is 0.276. The highest BCUT2D eigenvalue weighted by atomic mass is 79.9. The first kappa shape index (κ1) is 10.9. The third kappa shape index (κ3) is 2.15. The molecule has 0 bridgehead atoms. The van der Waals surface area contributed by atoms with Gasteiger partial charge in [0.15, 0.2) is 5.78 Å². The lowest BCUT2D eigenvalue weighted by molar-refractivity contribution is 0.0922. The van der Waals surface area contributed by atoms with E-state index in [-0.39, 0.29) is 5.92 Å². The van der Waals surface area contributed by atoms with Gasteiger partial charge in [-0.3, -0.25) is 4.79 Å². The number of carbonyl (C=O) groups excluding carboxylic acids is 1. The Balaban J connectivity index is 2.28. The Kier molecular flexibility index (Phi) is 3.25. The van der Waals surface area contributed by atoms with E-state index in [1.165, 1.54) is 12.8 Å². The first-order valence-electron chi connectivity index (χ1n) is 5.49. The molecule has 1 aromatic carbocycles. The van der Waals surface area contributed by atoms with Gasteiger partial charge in [-0.2, -0.15) is 0 Å². The summed E-state index contributed by atoms with van der Waals surface area (Å²) >= 11 is 3.47. The molecule has 80 valence electrons. The molecule has 1 nitrogen and oxygen atoms in total. The third-order valence-electron chi connectivity index (χ3n) is 3.26. The summed E-state index contributed by atoms with van der Waals surface area (Å²) in [7, 11) is 0. The molecule has 1 aromatic rings. The van der Waals surface area contributed by atoms with Crippen LogP contribution in [-0.2, 0) is 0 Å². The predicted molar refractivity (Wildman–Crippen MR) is 65.2 cm³/mol. The van der Waals surface area contributed by atoms with Crippen molar-refractivity contribution in [3.8, 4) is 0 Å². The van der Waals surface area contributed by atoms with Crippen molar-refractivity contribution in [3.05, 3.63) is 33.8 Å². The van der Waals surface area contributed by atoms with Crippen LogP contribution >= 0.6 is 15.9 Å². The molecule has 2 rings (SSSR count). The summed E-state index contributed by atoms with van der Waals surface area (Å²) in [5.41, 5.74) is 1.98. The van der Waals surface area contributed by atoms with Crippen LogP contribution in [0.25, 0.3) is 0 Å². The van der Waals surface area contributed by atoms with E-state index in [2.05, 4.69) is 15.9 Å². The topological polar surface area (TPSA) is 17.1 Å². The fourth-order valence-electron chi connectivity index (χ4n) is 2.28. The number of rotatable bonds is 2. The molecule has 0 radical (unpaired) electrons. The van der Waals surface area contributed by atoms with Gasteiger partial charge >= 0.3 is 0 Å². The number of hydrogen-bond acceptors (Lipinski definition) is 1. The average Bonchev–Trinajstić information content (AvgIpc) is 2.74. The van der Waals surface area contributed by atoms with Crippen molar-refractivity contribution in [1.82, 2.24) is 0 Å². The van der Waals surface area contributed by atoms with Gasteiger partial charge in [-0.15, -0.1) is 0 Å². The Bertz CT molecular complexity index is 378. The molecule has 0 saturated heterocycles. The summed E-state index contributed by atoms with van der Waals surface area (Å²) in [5, 5.41) is 0. The van der Waals surface area contributed by atoms with Gasteiger partial charge in [0.05, 0.1) is 0 Å². The molecule has 0 N–H and O–H groups in total. The molecule has 0 unspecified atom stereocenters. The normalized spacial score (nSPS) is 16.9. The maximum atomic E-state index is 12.2. The van der Waals surface area contributed by atoms with Crippen molar-refractivity contribution in [2.45, 2.75) is 32.6 Å². The van der Waals surface area contributed by atoms with Gasteiger partial charge in [-0.05, 0) is 31.4 Å². The highest BCUT2D eigenvalue weighted by Gasteiger charge is 2.24. The van der Waals surface area contributed by atoms with Gasteiger partial charge in [0, 0.05) is 16.0 Å². The van der Waals surface area contributed by atoms with Crippen LogP contribution in [0, 0.1) is 12.8 Å². The largest absolute Gasteiger partial charge is 0.294 e. The minimum atomic E-state index is 0.276. The van der Waals surface area contributed by atoms with Crippen LogP contribution < -0.4 is 0 Å². The zero-order chi connectivity index (χ0) is 10.8. The lowest BCUT2D eigenvalue weighted by atomic mass is 9.93. The highest BCUT2D eigenvalue weighted by Crippen LogP contribution is 2.30. The molecule has 1 aliphatic rings. The maximum Gasteiger partial charge on any atom is 0.166 e. The first-order valence-corrected chi connectivity index (χ1v) is 6.29. The summed E-state index contributed by atoms with van der Waals surface area (Å²) in [6.07, 6.45) is 4.57. The Morgan fingerprint density at radius 2 is 2.00 bits per heavy atom. The smallest absolute Gasteiger partial charge is 0.166 e. The van der Waals surface area contributed by atoms with Crippen LogP contribution in [0.5, 0.6) is 0 Å². The van der Waals surface area contributed by atoms with Gasteiger partial charge < -0.3 is 0 Å². The molecule has 0 heterocycles. The van der Waals surface area contributed by atoms with Crippen molar-refractivity contribution < 1.29 is 4.79 Å². The van der Waals surface area contributed by atoms with Crippen LogP contribution in [0.1, 0.15) is 41.6 Å². The van der Waals surface area contributed by atoms with E-state index in [0.29, 0.717) is 5.78 Å². The fourth-order valence-corrected chi connectivity index (χ4v) is 2.65. The van der Waals surface area contributed by atoms with Crippen LogP contribution in [-0.4, -0.2) is 5.78 Å². The van der Waals surface area contributed by atoms with Gasteiger partial charge in [-0.1, -0.05) is 40.9 Å². The van der Waals surface area contributed by atoms with Crippen molar-refractivity contribution in [2.24, 2.45) is 5.92 Å². The number of benzene rings is 1. The summed E-state index contributed by atoms with van der Waals surface area (Å²) in [5.74, 6) is 0.615. The second-order valence-corrected chi connectivity index (χ2v) is 5.11. The SMILES string of the molecule is Cc1c(Br)cccc1C(=O)C1CCCC1. The van der Waals surface area contributed by atoms with Crippen LogP contribution in [0.15, 0.2) is 22.7 Å². The third-order valence-corrected chi connectivity index (χ3v) is 4.12. The molecule has 1 saturated carbocycles. The van der Waals surface area contributed by atoms with Crippen molar-refractivity contribution in [1.29, 1.82) is 0 Å². The molecular weight excluding hydrogens is 252 g/mol. The monoisotopic (exact) mass is 266 g/mol. The Labute approximate surface area is 99.0 Å². The molecular formula is C13H15BrO. The maximum absolute atomic E-state index is 12.2. The quantitative estimate of drug-likeness (QED) is 0.736. The molecule has 1 aliphatic carbocycles. The zero-order valence-corrected chi connectivity index (χ0v) is 10.5. The van der Waals surface area contributed by atoms with E-state index in [1.807, 2.05) is 25.1 Å². The summed E-state index contributed by atoms with van der Waals surface area (Å²) in [6.45, 7) is 2.01. The molecule has 0 spiro atoms. The Morgan fingerprint density at radius 3 is 2.67 bits per heavy atom. The molecule has 2 heteroatoms. The standard InChI is InChI=1S/C13H15BrO/c1-9-11(7-4-8-12(9)14)13(15)10-5-2-3-6-10/h4,7-8,10H,2-3,5-6H2,1H3. The molecule has 0 aromatic heterocycles. The lowest BCUT2D eigenvalue weighted by Crippen LogP contribution is -2.12. The average molecular weight is 267 g/mol. The van der Waals surface area contributed by atoms with E-state index in [0.717, 1.165) is 28.4 Å².